The largest absolute Gasteiger partial charge is 0.475 e. The molecule has 0 bridgehead atoms. The monoisotopic (exact) mass is 265 g/mol. The molecule has 1 aromatic heterocycles. The Balaban J connectivity index is 2.17. The molecule has 0 spiro atoms. The summed E-state index contributed by atoms with van der Waals surface area (Å²) in [4.78, 5) is 17.7. The van der Waals surface area contributed by atoms with Gasteiger partial charge in [-0.15, -0.1) is 0 Å². The maximum Gasteiger partial charge on any atom is 0.372 e. The number of aromatic carboxylic acids is 1. The highest BCUT2D eigenvalue weighted by molar-refractivity contribution is 5.83. The molecule has 5 nitrogen and oxygen atoms in total. The summed E-state index contributed by atoms with van der Waals surface area (Å²) in [6, 6.07) is 0.121. The Morgan fingerprint density at radius 3 is 2.47 bits per heavy atom. The molecule has 1 aliphatic heterocycles. The van der Waals surface area contributed by atoms with Crippen molar-refractivity contribution in [2.24, 2.45) is 0 Å². The van der Waals surface area contributed by atoms with Gasteiger partial charge in [0.25, 0.3) is 0 Å². The SMILES string of the molecule is CC(C)n1c(CN2CCCCCC2)cnc1C(=O)O. The fraction of sp³-hybridized carbons (Fsp3) is 0.714. The molecule has 1 saturated heterocycles. The van der Waals surface area contributed by atoms with Crippen molar-refractivity contribution in [3.63, 3.8) is 0 Å². The van der Waals surface area contributed by atoms with E-state index in [1.54, 1.807) is 6.20 Å². The van der Waals surface area contributed by atoms with Crippen molar-refractivity contribution < 1.29 is 9.90 Å². The van der Waals surface area contributed by atoms with Crippen LogP contribution in [0.3, 0.4) is 0 Å². The first-order valence-electron chi connectivity index (χ1n) is 7.11. The van der Waals surface area contributed by atoms with E-state index in [0.29, 0.717) is 0 Å². The zero-order valence-corrected chi connectivity index (χ0v) is 11.8. The average molecular weight is 265 g/mol. The highest BCUT2D eigenvalue weighted by Crippen LogP contribution is 2.18. The number of nitrogens with zero attached hydrogens (tertiary/aromatic N) is 3. The van der Waals surface area contributed by atoms with Crippen LogP contribution in [0.4, 0.5) is 0 Å². The summed E-state index contributed by atoms with van der Waals surface area (Å²) in [6.45, 7) is 7.01. The maximum atomic E-state index is 11.2. The van der Waals surface area contributed by atoms with E-state index in [0.717, 1.165) is 25.3 Å². The molecule has 0 aromatic carbocycles. The second-order valence-electron chi connectivity index (χ2n) is 5.53. The molecular weight excluding hydrogens is 242 g/mol. The molecule has 106 valence electrons. The normalized spacial score (nSPS) is 17.6. The van der Waals surface area contributed by atoms with Crippen molar-refractivity contribution in [1.82, 2.24) is 14.5 Å². The number of carbonyl (C=O) groups is 1. The van der Waals surface area contributed by atoms with E-state index in [4.69, 9.17) is 0 Å². The van der Waals surface area contributed by atoms with Crippen LogP contribution in [0.25, 0.3) is 0 Å². The van der Waals surface area contributed by atoms with Crippen LogP contribution in [0.2, 0.25) is 0 Å². The zero-order chi connectivity index (χ0) is 13.8. The fourth-order valence-corrected chi connectivity index (χ4v) is 2.77. The topological polar surface area (TPSA) is 58.4 Å². The molecule has 19 heavy (non-hydrogen) atoms. The third-order valence-electron chi connectivity index (χ3n) is 3.67. The van der Waals surface area contributed by atoms with Gasteiger partial charge in [0.15, 0.2) is 0 Å². The van der Waals surface area contributed by atoms with Gasteiger partial charge >= 0.3 is 5.97 Å². The Kier molecular flexibility index (Phi) is 4.58. The van der Waals surface area contributed by atoms with E-state index in [2.05, 4.69) is 9.88 Å². The maximum absolute atomic E-state index is 11.2. The van der Waals surface area contributed by atoms with Gasteiger partial charge in [-0.1, -0.05) is 12.8 Å². The Labute approximate surface area is 114 Å². The number of imidazole rings is 1. The molecule has 0 unspecified atom stereocenters. The highest BCUT2D eigenvalue weighted by Gasteiger charge is 2.20. The summed E-state index contributed by atoms with van der Waals surface area (Å²) in [7, 11) is 0. The molecule has 0 saturated carbocycles. The van der Waals surface area contributed by atoms with E-state index in [1.165, 1.54) is 25.7 Å². The molecule has 0 amide bonds. The minimum atomic E-state index is -0.948. The number of rotatable bonds is 4. The predicted molar refractivity (Wildman–Crippen MR) is 73.3 cm³/mol. The molecule has 1 aromatic rings. The lowest BCUT2D eigenvalue weighted by molar-refractivity contribution is 0.0675. The third-order valence-corrected chi connectivity index (χ3v) is 3.67. The summed E-state index contributed by atoms with van der Waals surface area (Å²) in [5, 5.41) is 9.18. The van der Waals surface area contributed by atoms with E-state index in [-0.39, 0.29) is 11.9 Å². The van der Waals surface area contributed by atoms with Crippen LogP contribution in [0.1, 0.15) is 61.9 Å². The van der Waals surface area contributed by atoms with Crippen molar-refractivity contribution in [3.05, 3.63) is 17.7 Å². The minimum absolute atomic E-state index is 0.121. The Morgan fingerprint density at radius 1 is 1.32 bits per heavy atom. The van der Waals surface area contributed by atoms with Crippen molar-refractivity contribution in [1.29, 1.82) is 0 Å². The van der Waals surface area contributed by atoms with Crippen molar-refractivity contribution in [2.75, 3.05) is 13.1 Å². The first-order chi connectivity index (χ1) is 9.09. The first kappa shape index (κ1) is 14.1. The van der Waals surface area contributed by atoms with E-state index in [9.17, 15) is 9.90 Å². The summed E-state index contributed by atoms with van der Waals surface area (Å²) >= 11 is 0. The number of hydrogen-bond acceptors (Lipinski definition) is 3. The van der Waals surface area contributed by atoms with Gasteiger partial charge < -0.3 is 9.67 Å². The second kappa shape index (κ2) is 6.19. The summed E-state index contributed by atoms with van der Waals surface area (Å²) < 4.78 is 1.84. The molecule has 0 aliphatic carbocycles. The van der Waals surface area contributed by atoms with Gasteiger partial charge in [0.1, 0.15) is 0 Å². The molecule has 5 heteroatoms. The standard InChI is InChI=1S/C14H23N3O2/c1-11(2)17-12(9-15-13(17)14(18)19)10-16-7-5-3-4-6-8-16/h9,11H,3-8,10H2,1-2H3,(H,18,19). The number of carboxylic acid groups (broad SMARTS) is 1. The summed E-state index contributed by atoms with van der Waals surface area (Å²) in [5.41, 5.74) is 1.01. The van der Waals surface area contributed by atoms with Crippen LogP contribution in [-0.2, 0) is 6.54 Å². The van der Waals surface area contributed by atoms with Crippen LogP contribution < -0.4 is 0 Å². The lowest BCUT2D eigenvalue weighted by Crippen LogP contribution is -2.26. The number of hydrogen-bond donors (Lipinski definition) is 1. The average Bonchev–Trinajstić information content (AvgIpc) is 2.59. The zero-order valence-electron chi connectivity index (χ0n) is 11.8. The van der Waals surface area contributed by atoms with Gasteiger partial charge in [0.2, 0.25) is 5.82 Å². The van der Waals surface area contributed by atoms with Crippen LogP contribution in [-0.4, -0.2) is 38.6 Å². The van der Waals surface area contributed by atoms with Crippen LogP contribution in [0.15, 0.2) is 6.20 Å². The van der Waals surface area contributed by atoms with Gasteiger partial charge in [-0.3, -0.25) is 4.90 Å². The van der Waals surface area contributed by atoms with Gasteiger partial charge in [0, 0.05) is 12.6 Å². The molecular formula is C14H23N3O2. The van der Waals surface area contributed by atoms with Crippen molar-refractivity contribution in [3.8, 4) is 0 Å². The van der Waals surface area contributed by atoms with Crippen molar-refractivity contribution in [2.45, 2.75) is 52.1 Å². The molecule has 0 radical (unpaired) electrons. The quantitative estimate of drug-likeness (QED) is 0.909. The lowest BCUT2D eigenvalue weighted by Gasteiger charge is -2.22. The highest BCUT2D eigenvalue weighted by atomic mass is 16.4. The van der Waals surface area contributed by atoms with E-state index >= 15 is 0 Å². The van der Waals surface area contributed by atoms with Gasteiger partial charge in [-0.05, 0) is 39.8 Å². The van der Waals surface area contributed by atoms with Gasteiger partial charge in [0.05, 0.1) is 11.9 Å². The molecule has 0 atom stereocenters. The molecule has 1 N–H and O–H groups in total. The number of carboxylic acids is 1. The Hall–Kier alpha value is -1.36. The van der Waals surface area contributed by atoms with E-state index in [1.807, 2.05) is 18.4 Å². The minimum Gasteiger partial charge on any atom is -0.475 e. The van der Waals surface area contributed by atoms with Gasteiger partial charge in [-0.2, -0.15) is 0 Å². The third kappa shape index (κ3) is 3.35. The Bertz CT molecular complexity index is 432. The predicted octanol–water partition coefficient (Wildman–Crippen LogP) is 2.54. The summed E-state index contributed by atoms with van der Waals surface area (Å²) in [5.74, 6) is -0.796. The number of likely N-dealkylation sites (tertiary alicyclic amines) is 1. The Morgan fingerprint density at radius 2 is 1.95 bits per heavy atom. The molecule has 2 rings (SSSR count). The van der Waals surface area contributed by atoms with Gasteiger partial charge in [-0.25, -0.2) is 9.78 Å². The molecule has 2 heterocycles. The number of aromatic nitrogens is 2. The van der Waals surface area contributed by atoms with Crippen molar-refractivity contribution >= 4 is 5.97 Å². The van der Waals surface area contributed by atoms with Crippen LogP contribution in [0.5, 0.6) is 0 Å². The smallest absolute Gasteiger partial charge is 0.372 e. The lowest BCUT2D eigenvalue weighted by atomic mass is 10.2. The fourth-order valence-electron chi connectivity index (χ4n) is 2.77. The van der Waals surface area contributed by atoms with Crippen LogP contribution in [0, 0.1) is 0 Å². The molecule has 1 fully saturated rings. The first-order valence-corrected chi connectivity index (χ1v) is 7.11. The van der Waals surface area contributed by atoms with Crippen LogP contribution >= 0.6 is 0 Å². The van der Waals surface area contributed by atoms with E-state index < -0.39 is 5.97 Å². The summed E-state index contributed by atoms with van der Waals surface area (Å²) in [6.07, 6.45) is 6.80. The second-order valence-corrected chi connectivity index (χ2v) is 5.53. The molecule has 1 aliphatic rings.